The highest BCUT2D eigenvalue weighted by molar-refractivity contribution is 5.95. The summed E-state index contributed by atoms with van der Waals surface area (Å²) in [6.07, 6.45) is 41.1. The molecule has 0 aromatic carbocycles. The zero-order valence-electron chi connectivity index (χ0n) is 34.3. The molecule has 3 atom stereocenters. The minimum absolute atomic E-state index is 0.00452. The normalized spacial score (nSPS) is 13.3. The number of carbonyl (C=O) groups excluding carboxylic acids is 2. The van der Waals surface area contributed by atoms with Crippen LogP contribution >= 0.6 is 0 Å². The maximum atomic E-state index is 13.6. The minimum Gasteiger partial charge on any atom is -0.370 e. The van der Waals surface area contributed by atoms with Gasteiger partial charge in [-0.3, -0.25) is 14.6 Å². The van der Waals surface area contributed by atoms with Gasteiger partial charge in [0, 0.05) is 19.6 Å². The molecular weight excluding hydrogens is 647 g/mol. The Balaban J connectivity index is 4.57. The van der Waals surface area contributed by atoms with Gasteiger partial charge in [0.25, 0.3) is 0 Å². The summed E-state index contributed by atoms with van der Waals surface area (Å²) in [7, 11) is 0. The zero-order valence-corrected chi connectivity index (χ0v) is 34.3. The Morgan fingerprint density at radius 2 is 0.885 bits per heavy atom. The molecule has 9 nitrogen and oxygen atoms in total. The fraction of sp³-hybridized carbons (Fsp3) is 0.884. The van der Waals surface area contributed by atoms with Gasteiger partial charge in [0.15, 0.2) is 11.7 Å². The molecule has 0 heterocycles. The van der Waals surface area contributed by atoms with Crippen LogP contribution in [0.2, 0.25) is 0 Å². The van der Waals surface area contributed by atoms with Crippen molar-refractivity contribution in [1.29, 1.82) is 0 Å². The third kappa shape index (κ3) is 30.5. The molecule has 9 heteroatoms. The van der Waals surface area contributed by atoms with Crippen LogP contribution in [-0.4, -0.2) is 60.3 Å². The number of nitrogens with two attached hydrogens (primary N) is 5. The minimum atomic E-state index is -1.13. The number of amides is 1. The number of ketones is 1. The number of hydrogen-bond donors (Lipinski definition) is 5. The molecular formula is C43H87N7O2. The monoisotopic (exact) mass is 734 g/mol. The number of allylic oxidation sites excluding steroid dienone is 2. The summed E-state index contributed by atoms with van der Waals surface area (Å²) < 4.78 is 0. The number of guanidine groups is 1. The average Bonchev–Trinajstić information content (AvgIpc) is 3.14. The van der Waals surface area contributed by atoms with Crippen molar-refractivity contribution in [2.75, 3.05) is 19.6 Å². The van der Waals surface area contributed by atoms with Gasteiger partial charge in [-0.25, -0.2) is 0 Å². The topological polar surface area (TPSA) is 180 Å². The summed E-state index contributed by atoms with van der Waals surface area (Å²) in [4.78, 5) is 32.3. The van der Waals surface area contributed by atoms with Crippen LogP contribution in [0.5, 0.6) is 0 Å². The van der Waals surface area contributed by atoms with E-state index in [1.807, 2.05) is 4.90 Å². The number of unbranched alkanes of at least 4 members (excludes halogenated alkanes) is 25. The van der Waals surface area contributed by atoms with E-state index in [9.17, 15) is 9.59 Å². The molecule has 0 aliphatic heterocycles. The van der Waals surface area contributed by atoms with Crippen molar-refractivity contribution in [2.24, 2.45) is 33.7 Å². The van der Waals surface area contributed by atoms with Crippen molar-refractivity contribution < 1.29 is 9.59 Å². The lowest BCUT2D eigenvalue weighted by molar-refractivity contribution is -0.136. The fourth-order valence-corrected chi connectivity index (χ4v) is 6.83. The molecule has 10 N–H and O–H groups in total. The SMILES string of the molecule is CCCCCCCCC=CCCCCCCCCN(CCCCCCCCCCCCCCCC)C(=O)C(N)C(N)C(=O)[C@@H](N)CCCN=C(N)N. The first-order valence-corrected chi connectivity index (χ1v) is 22.1. The average molecular weight is 734 g/mol. The van der Waals surface area contributed by atoms with Gasteiger partial charge in [-0.2, -0.15) is 0 Å². The number of carbonyl (C=O) groups is 2. The number of rotatable bonds is 39. The molecule has 0 rings (SSSR count). The summed E-state index contributed by atoms with van der Waals surface area (Å²) in [5.74, 6) is -0.625. The first-order valence-electron chi connectivity index (χ1n) is 22.1. The molecule has 0 saturated carbocycles. The molecule has 0 aromatic rings. The van der Waals surface area contributed by atoms with Crippen molar-refractivity contribution in [3.63, 3.8) is 0 Å². The highest BCUT2D eigenvalue weighted by Crippen LogP contribution is 2.15. The van der Waals surface area contributed by atoms with Gasteiger partial charge >= 0.3 is 0 Å². The lowest BCUT2D eigenvalue weighted by Gasteiger charge is -2.29. The molecule has 0 aliphatic carbocycles. The van der Waals surface area contributed by atoms with Gasteiger partial charge in [0.1, 0.15) is 6.04 Å². The predicted molar refractivity (Wildman–Crippen MR) is 225 cm³/mol. The van der Waals surface area contributed by atoms with E-state index in [-0.39, 0.29) is 17.6 Å². The van der Waals surface area contributed by atoms with Gasteiger partial charge in [-0.15, -0.1) is 0 Å². The number of aliphatic imine (C=N–C) groups is 1. The zero-order chi connectivity index (χ0) is 38.5. The molecule has 0 spiro atoms. The number of Topliss-reactive ketones (excluding diaryl/α,β-unsaturated/α-hetero) is 1. The summed E-state index contributed by atoms with van der Waals surface area (Å²) in [6, 6.07) is -3.04. The van der Waals surface area contributed by atoms with Crippen molar-refractivity contribution >= 4 is 17.6 Å². The van der Waals surface area contributed by atoms with E-state index in [1.54, 1.807) is 0 Å². The molecule has 52 heavy (non-hydrogen) atoms. The molecule has 0 aromatic heterocycles. The predicted octanol–water partition coefficient (Wildman–Crippen LogP) is 8.94. The molecule has 1 amide bonds. The Kier molecular flexibility index (Phi) is 35.9. The van der Waals surface area contributed by atoms with Crippen molar-refractivity contribution in [1.82, 2.24) is 4.90 Å². The van der Waals surface area contributed by atoms with E-state index < -0.39 is 18.1 Å². The summed E-state index contributed by atoms with van der Waals surface area (Å²) >= 11 is 0. The Morgan fingerprint density at radius 3 is 1.27 bits per heavy atom. The van der Waals surface area contributed by atoms with Crippen LogP contribution in [0, 0.1) is 0 Å². The molecule has 0 radical (unpaired) electrons. The standard InChI is InChI=1S/C43H87N7O2/c1-3-5-7-9-11-13-15-17-19-20-22-24-26-28-30-32-37-50(36-31-29-27-25-23-21-18-16-14-12-10-8-6-4-2)42(52)40(46)39(45)41(51)38(44)34-33-35-49-43(47)48/h17,19,38-40H,3-16,18,20-37,44-46H2,1-2H3,(H4,47,48,49)/t38-,39?,40?/m0/s1. The molecule has 2 unspecified atom stereocenters. The van der Waals surface area contributed by atoms with E-state index >= 15 is 0 Å². The number of nitrogens with zero attached hydrogens (tertiary/aromatic N) is 2. The van der Waals surface area contributed by atoms with Crippen LogP contribution in [0.25, 0.3) is 0 Å². The quantitative estimate of drug-likeness (QED) is 0.0181. The Labute approximate surface area is 321 Å². The summed E-state index contributed by atoms with van der Waals surface area (Å²) in [6.45, 7) is 6.22. The molecule has 0 bridgehead atoms. The summed E-state index contributed by atoms with van der Waals surface area (Å²) in [5, 5.41) is 0. The first kappa shape index (κ1) is 50.0. The van der Waals surface area contributed by atoms with Gasteiger partial charge in [-0.05, 0) is 51.4 Å². The molecule has 0 fully saturated rings. The van der Waals surface area contributed by atoms with E-state index in [1.165, 1.54) is 154 Å². The Morgan fingerprint density at radius 1 is 0.519 bits per heavy atom. The van der Waals surface area contributed by atoms with E-state index in [0.717, 1.165) is 25.7 Å². The van der Waals surface area contributed by atoms with E-state index in [2.05, 4.69) is 31.0 Å². The molecule has 306 valence electrons. The first-order chi connectivity index (χ1) is 25.3. The third-order valence-corrected chi connectivity index (χ3v) is 10.4. The van der Waals surface area contributed by atoms with Crippen LogP contribution < -0.4 is 28.7 Å². The highest BCUT2D eigenvalue weighted by Gasteiger charge is 2.32. The van der Waals surface area contributed by atoms with Crippen LogP contribution in [0.4, 0.5) is 0 Å². The highest BCUT2D eigenvalue weighted by atomic mass is 16.2. The second-order valence-corrected chi connectivity index (χ2v) is 15.4. The Bertz CT molecular complexity index is 878. The van der Waals surface area contributed by atoms with Gasteiger partial charge in [-0.1, -0.05) is 167 Å². The fourth-order valence-electron chi connectivity index (χ4n) is 6.83. The molecule has 0 aliphatic rings. The van der Waals surface area contributed by atoms with Gasteiger partial charge in [0.2, 0.25) is 5.91 Å². The van der Waals surface area contributed by atoms with Crippen molar-refractivity contribution in [3.05, 3.63) is 12.2 Å². The van der Waals surface area contributed by atoms with Gasteiger partial charge < -0.3 is 33.6 Å². The summed E-state index contributed by atoms with van der Waals surface area (Å²) in [5.41, 5.74) is 29.5. The smallest absolute Gasteiger partial charge is 0.241 e. The van der Waals surface area contributed by atoms with E-state index in [4.69, 9.17) is 28.7 Å². The van der Waals surface area contributed by atoms with Crippen LogP contribution in [-0.2, 0) is 9.59 Å². The lowest BCUT2D eigenvalue weighted by atomic mass is 9.96. The largest absolute Gasteiger partial charge is 0.370 e. The maximum absolute atomic E-state index is 13.6. The second kappa shape index (κ2) is 37.3. The van der Waals surface area contributed by atoms with Crippen LogP contribution in [0.15, 0.2) is 17.1 Å². The van der Waals surface area contributed by atoms with E-state index in [0.29, 0.717) is 32.5 Å². The third-order valence-electron chi connectivity index (χ3n) is 10.4. The molecule has 0 saturated heterocycles. The number of hydrogen-bond acceptors (Lipinski definition) is 6. The van der Waals surface area contributed by atoms with Gasteiger partial charge in [0.05, 0.1) is 12.1 Å². The maximum Gasteiger partial charge on any atom is 0.241 e. The van der Waals surface area contributed by atoms with Crippen molar-refractivity contribution in [3.8, 4) is 0 Å². The Hall–Kier alpha value is -1.97. The van der Waals surface area contributed by atoms with Crippen LogP contribution in [0.1, 0.15) is 206 Å². The van der Waals surface area contributed by atoms with Crippen LogP contribution in [0.3, 0.4) is 0 Å². The lowest BCUT2D eigenvalue weighted by Crippen LogP contribution is -2.59. The van der Waals surface area contributed by atoms with Crippen molar-refractivity contribution in [2.45, 2.75) is 225 Å². The second-order valence-electron chi connectivity index (χ2n) is 15.4.